The number of para-hydroxylation sites is 1. The van der Waals surface area contributed by atoms with Gasteiger partial charge in [0.05, 0.1) is 0 Å². The van der Waals surface area contributed by atoms with Gasteiger partial charge in [0.1, 0.15) is 0 Å². The van der Waals surface area contributed by atoms with Crippen LogP contribution in [0.15, 0.2) is 91.0 Å². The number of aryl methyl sites for hydroxylation is 2. The van der Waals surface area contributed by atoms with Crippen LogP contribution in [-0.2, 0) is 0 Å². The van der Waals surface area contributed by atoms with Gasteiger partial charge < -0.3 is 4.90 Å². The number of nitrogens with zero attached hydrogens (tertiary/aromatic N) is 1. The van der Waals surface area contributed by atoms with Crippen LogP contribution < -0.4 is 15.3 Å². The first-order valence-electron chi connectivity index (χ1n) is 13.7. The number of hydrogen-bond acceptors (Lipinski definition) is 1. The Morgan fingerprint density at radius 3 is 1.78 bits per heavy atom. The van der Waals surface area contributed by atoms with Gasteiger partial charge in [-0.2, -0.15) is 0 Å². The van der Waals surface area contributed by atoms with Crippen molar-refractivity contribution in [2.75, 3.05) is 11.9 Å². The molecular formula is C36H43N. The average Bonchev–Trinajstić information content (AvgIpc) is 2.94. The van der Waals surface area contributed by atoms with Gasteiger partial charge >= 0.3 is 0 Å². The second-order valence-electron chi connectivity index (χ2n) is 9.73. The van der Waals surface area contributed by atoms with Crippen molar-refractivity contribution in [2.24, 2.45) is 0 Å². The molecule has 0 saturated carbocycles. The number of anilines is 2. The minimum absolute atomic E-state index is 0.463. The Bertz CT molecular complexity index is 1380. The van der Waals surface area contributed by atoms with Crippen LogP contribution >= 0.6 is 0 Å². The second-order valence-corrected chi connectivity index (χ2v) is 9.73. The molecule has 0 bridgehead atoms. The van der Waals surface area contributed by atoms with Gasteiger partial charge in [-0.3, -0.25) is 0 Å². The van der Waals surface area contributed by atoms with Gasteiger partial charge in [0.15, 0.2) is 0 Å². The molecule has 0 fully saturated rings. The molecule has 0 aromatic heterocycles. The molecule has 5 rings (SSSR count). The fourth-order valence-electron chi connectivity index (χ4n) is 4.78. The zero-order chi connectivity index (χ0) is 26.8. The molecule has 0 radical (unpaired) electrons. The van der Waals surface area contributed by atoms with E-state index < -0.39 is 0 Å². The van der Waals surface area contributed by atoms with Gasteiger partial charge in [-0.25, -0.2) is 0 Å². The van der Waals surface area contributed by atoms with Gasteiger partial charge in [-0.05, 0) is 84.0 Å². The van der Waals surface area contributed by atoms with E-state index in [9.17, 15) is 0 Å². The minimum atomic E-state index is 0.463. The predicted octanol–water partition coefficient (Wildman–Crippen LogP) is 8.93. The molecule has 1 heteroatoms. The number of hydrogen-bond donors (Lipinski definition) is 0. The van der Waals surface area contributed by atoms with Crippen molar-refractivity contribution in [1.29, 1.82) is 0 Å². The Balaban J connectivity index is 0.000000361. The lowest BCUT2D eigenvalue weighted by Gasteiger charge is -2.27. The Labute approximate surface area is 224 Å². The van der Waals surface area contributed by atoms with Crippen LogP contribution in [0.1, 0.15) is 63.1 Å². The summed E-state index contributed by atoms with van der Waals surface area (Å²) in [5.74, 6) is 0.463. The Hall–Kier alpha value is -3.58. The van der Waals surface area contributed by atoms with Crippen LogP contribution in [0.3, 0.4) is 0 Å². The summed E-state index contributed by atoms with van der Waals surface area (Å²) in [6.07, 6.45) is 7.04. The minimum Gasteiger partial charge on any atom is -0.344 e. The van der Waals surface area contributed by atoms with Crippen LogP contribution in [0.4, 0.5) is 11.4 Å². The van der Waals surface area contributed by atoms with Crippen LogP contribution in [0.5, 0.6) is 0 Å². The van der Waals surface area contributed by atoms with E-state index in [0.717, 1.165) is 12.8 Å². The third-order valence-corrected chi connectivity index (χ3v) is 6.74. The van der Waals surface area contributed by atoms with Gasteiger partial charge in [0, 0.05) is 24.0 Å². The molecule has 0 atom stereocenters. The van der Waals surface area contributed by atoms with E-state index in [-0.39, 0.29) is 0 Å². The monoisotopic (exact) mass is 489 g/mol. The normalized spacial score (nSPS) is 11.6. The lowest BCUT2D eigenvalue weighted by molar-refractivity contribution is 0.868. The Morgan fingerprint density at radius 1 is 0.676 bits per heavy atom. The van der Waals surface area contributed by atoms with E-state index in [4.69, 9.17) is 0 Å². The third kappa shape index (κ3) is 7.01. The summed E-state index contributed by atoms with van der Waals surface area (Å²) in [5.41, 5.74) is 9.27. The summed E-state index contributed by atoms with van der Waals surface area (Å²) in [5, 5.41) is 2.76. The summed E-state index contributed by atoms with van der Waals surface area (Å²) in [6, 6.07) is 32.4. The molecule has 4 aromatic rings. The van der Waals surface area contributed by atoms with Crippen LogP contribution in [-0.4, -0.2) is 7.05 Å². The number of fused-ring (bicyclic) bond motifs is 1. The molecule has 1 aliphatic carbocycles. The van der Waals surface area contributed by atoms with Crippen molar-refractivity contribution in [3.63, 3.8) is 0 Å². The van der Waals surface area contributed by atoms with Gasteiger partial charge in [-0.1, -0.05) is 112 Å². The highest BCUT2D eigenvalue weighted by Gasteiger charge is 2.18. The molecule has 1 aliphatic rings. The summed E-state index contributed by atoms with van der Waals surface area (Å²) in [4.78, 5) is 2.32. The molecule has 0 saturated heterocycles. The van der Waals surface area contributed by atoms with E-state index in [0.29, 0.717) is 5.92 Å². The van der Waals surface area contributed by atoms with Crippen LogP contribution in [0.25, 0.3) is 23.3 Å². The lowest BCUT2D eigenvalue weighted by Crippen LogP contribution is -2.27. The van der Waals surface area contributed by atoms with Crippen molar-refractivity contribution in [3.05, 3.63) is 118 Å². The molecule has 0 aliphatic heterocycles. The Morgan fingerprint density at radius 2 is 1.24 bits per heavy atom. The summed E-state index contributed by atoms with van der Waals surface area (Å²) in [7, 11) is 2.17. The van der Waals surface area contributed by atoms with Gasteiger partial charge in [0.2, 0.25) is 0 Å². The lowest BCUT2D eigenvalue weighted by atomic mass is 9.87. The zero-order valence-electron chi connectivity index (χ0n) is 23.8. The average molecular weight is 490 g/mol. The van der Waals surface area contributed by atoms with Gasteiger partial charge in [0.25, 0.3) is 0 Å². The van der Waals surface area contributed by atoms with E-state index >= 15 is 0 Å². The molecule has 0 heterocycles. The first kappa shape index (κ1) is 28.0. The number of rotatable bonds is 4. The van der Waals surface area contributed by atoms with Crippen LogP contribution in [0.2, 0.25) is 0 Å². The van der Waals surface area contributed by atoms with Crippen molar-refractivity contribution >= 4 is 23.5 Å². The summed E-state index contributed by atoms with van der Waals surface area (Å²) in [6.45, 7) is 12.9. The van der Waals surface area contributed by atoms with Crippen molar-refractivity contribution in [1.82, 2.24) is 0 Å². The predicted molar refractivity (Wildman–Crippen MR) is 165 cm³/mol. The molecular weight excluding hydrogens is 446 g/mol. The van der Waals surface area contributed by atoms with E-state index in [1.54, 1.807) is 0 Å². The first-order chi connectivity index (χ1) is 18.0. The Kier molecular flexibility index (Phi) is 10.3. The van der Waals surface area contributed by atoms with E-state index in [2.05, 4.69) is 125 Å². The third-order valence-electron chi connectivity index (χ3n) is 6.74. The highest BCUT2D eigenvalue weighted by atomic mass is 15.1. The van der Waals surface area contributed by atoms with Gasteiger partial charge in [-0.15, -0.1) is 0 Å². The second kappa shape index (κ2) is 13.7. The maximum absolute atomic E-state index is 2.41. The first-order valence-corrected chi connectivity index (χ1v) is 13.7. The number of benzene rings is 4. The largest absolute Gasteiger partial charge is 0.344 e. The molecule has 1 nitrogen and oxygen atoms in total. The molecule has 0 N–H and O–H groups in total. The molecule has 0 unspecified atom stereocenters. The quantitative estimate of drug-likeness (QED) is 0.276. The fourth-order valence-corrected chi connectivity index (χ4v) is 4.78. The molecule has 0 spiro atoms. The van der Waals surface area contributed by atoms with Crippen molar-refractivity contribution in [3.8, 4) is 11.1 Å². The summed E-state index contributed by atoms with van der Waals surface area (Å²) >= 11 is 0. The molecule has 37 heavy (non-hydrogen) atoms. The van der Waals surface area contributed by atoms with Crippen molar-refractivity contribution < 1.29 is 0 Å². The maximum atomic E-state index is 2.41. The van der Waals surface area contributed by atoms with E-state index in [1.165, 1.54) is 49.6 Å². The molecule has 192 valence electrons. The molecule has 0 amide bonds. The van der Waals surface area contributed by atoms with Crippen molar-refractivity contribution in [2.45, 2.75) is 60.3 Å². The van der Waals surface area contributed by atoms with E-state index in [1.807, 2.05) is 32.0 Å². The fraction of sp³-hybridized carbons (Fsp3) is 0.278. The highest BCUT2D eigenvalue weighted by Crippen LogP contribution is 2.40. The highest BCUT2D eigenvalue weighted by molar-refractivity contribution is 5.86. The topological polar surface area (TPSA) is 3.24 Å². The summed E-state index contributed by atoms with van der Waals surface area (Å²) < 4.78 is 0. The SMILES string of the molecule is CC.Cc1cc2c(cc1-c1c(C(C)C)cccc1N(C)c1ccccc1)=CCCC=2.Cc1ccccc1. The van der Waals surface area contributed by atoms with Crippen LogP contribution in [0, 0.1) is 13.8 Å². The molecule has 4 aromatic carbocycles. The smallest absolute Gasteiger partial charge is 0.0490 e. The maximum Gasteiger partial charge on any atom is 0.0490 e. The zero-order valence-corrected chi connectivity index (χ0v) is 23.8. The standard InChI is InChI=1S/C27H29N.C7H8.C2H6/c1-19(2)24-15-10-16-26(28(4)23-13-6-5-7-14-23)27(24)25-18-22-12-9-8-11-21(22)17-20(25)3;1-7-5-3-2-4-6-7;1-2/h5-7,10-19H,8-9H2,1-4H3;2-6H,1H3;1-2H3.